The zero-order chi connectivity index (χ0) is 22.5. The lowest BCUT2D eigenvalue weighted by Gasteiger charge is -2.05. The van der Waals surface area contributed by atoms with Crippen molar-refractivity contribution in [2.24, 2.45) is 0 Å². The van der Waals surface area contributed by atoms with Gasteiger partial charge in [-0.05, 0) is 63.4 Å². The van der Waals surface area contributed by atoms with E-state index < -0.39 is 0 Å². The van der Waals surface area contributed by atoms with Crippen LogP contribution in [0.4, 0.5) is 0 Å². The van der Waals surface area contributed by atoms with Gasteiger partial charge in [0.05, 0.1) is 23.3 Å². The zero-order valence-electron chi connectivity index (χ0n) is 16.9. The van der Waals surface area contributed by atoms with E-state index in [4.69, 9.17) is 33.7 Å². The summed E-state index contributed by atoms with van der Waals surface area (Å²) in [6, 6.07) is 27.1. The minimum atomic E-state index is 0.542. The van der Waals surface area contributed by atoms with Crippen molar-refractivity contribution in [3.63, 3.8) is 0 Å². The maximum atomic E-state index is 8.99. The van der Waals surface area contributed by atoms with Gasteiger partial charge in [0.1, 0.15) is 0 Å². The number of rotatable bonds is 4. The molecule has 0 heterocycles. The largest absolute Gasteiger partial charge is 0.192 e. The number of nitrogens with zero attached hydrogens (tertiary/aromatic N) is 2. The predicted octanol–water partition coefficient (Wildman–Crippen LogP) is 8.23. The van der Waals surface area contributed by atoms with Crippen LogP contribution in [0.15, 0.2) is 72.8 Å². The van der Waals surface area contributed by atoms with Crippen molar-refractivity contribution in [1.29, 1.82) is 10.5 Å². The van der Waals surface area contributed by atoms with Crippen molar-refractivity contribution >= 4 is 58.3 Å². The molecule has 0 atom stereocenters. The highest BCUT2D eigenvalue weighted by Gasteiger charge is 2.02. The SMILES string of the molecule is N#Cc1ccc(C=Cc2ccc3c(C=Cc4ccc(C#N)cc4Cl)cccc3c2)c(Cl)c1. The first-order valence-corrected chi connectivity index (χ1v) is 10.6. The van der Waals surface area contributed by atoms with Gasteiger partial charge in [-0.25, -0.2) is 0 Å². The summed E-state index contributed by atoms with van der Waals surface area (Å²) < 4.78 is 0. The quantitative estimate of drug-likeness (QED) is 0.294. The van der Waals surface area contributed by atoms with E-state index in [2.05, 4.69) is 42.5 Å². The lowest BCUT2D eigenvalue weighted by Crippen LogP contribution is -1.82. The molecule has 0 aliphatic rings. The number of halogens is 2. The predicted molar refractivity (Wildman–Crippen MR) is 134 cm³/mol. The first-order valence-electron chi connectivity index (χ1n) is 9.85. The highest BCUT2D eigenvalue weighted by Crippen LogP contribution is 2.26. The van der Waals surface area contributed by atoms with E-state index in [0.717, 1.165) is 33.0 Å². The summed E-state index contributed by atoms with van der Waals surface area (Å²) in [5, 5.41) is 21.3. The minimum Gasteiger partial charge on any atom is -0.192 e. The monoisotopic (exact) mass is 450 g/mol. The Hall–Kier alpha value is -3.82. The fourth-order valence-corrected chi connectivity index (χ4v) is 3.89. The molecular weight excluding hydrogens is 435 g/mol. The van der Waals surface area contributed by atoms with E-state index in [1.54, 1.807) is 24.3 Å². The van der Waals surface area contributed by atoms with Gasteiger partial charge in [0.2, 0.25) is 0 Å². The molecule has 0 aromatic heterocycles. The van der Waals surface area contributed by atoms with Crippen molar-refractivity contribution in [1.82, 2.24) is 0 Å². The van der Waals surface area contributed by atoms with Gasteiger partial charge in [-0.3, -0.25) is 0 Å². The van der Waals surface area contributed by atoms with Crippen LogP contribution in [0, 0.1) is 22.7 Å². The maximum absolute atomic E-state index is 8.99. The molecule has 0 saturated carbocycles. The second-order valence-electron chi connectivity index (χ2n) is 7.19. The summed E-state index contributed by atoms with van der Waals surface area (Å²) >= 11 is 12.6. The van der Waals surface area contributed by atoms with Crippen LogP contribution in [-0.4, -0.2) is 0 Å². The zero-order valence-corrected chi connectivity index (χ0v) is 18.4. The van der Waals surface area contributed by atoms with E-state index in [0.29, 0.717) is 21.2 Å². The third-order valence-electron chi connectivity index (χ3n) is 5.10. The molecule has 0 amide bonds. The Labute approximate surface area is 196 Å². The topological polar surface area (TPSA) is 47.6 Å². The molecule has 0 radical (unpaired) electrons. The second kappa shape index (κ2) is 9.54. The van der Waals surface area contributed by atoms with Crippen LogP contribution in [0.2, 0.25) is 10.0 Å². The Morgan fingerprint density at radius 2 is 1.19 bits per heavy atom. The molecule has 4 rings (SSSR count). The van der Waals surface area contributed by atoms with Crippen LogP contribution in [0.5, 0.6) is 0 Å². The third-order valence-corrected chi connectivity index (χ3v) is 5.75. The summed E-state index contributed by atoms with van der Waals surface area (Å²) in [4.78, 5) is 0. The average molecular weight is 451 g/mol. The fourth-order valence-electron chi connectivity index (χ4n) is 3.41. The molecule has 0 fully saturated rings. The molecular formula is C28H16Cl2N2. The van der Waals surface area contributed by atoms with Crippen LogP contribution in [0.1, 0.15) is 33.4 Å². The number of nitriles is 2. The molecule has 4 heteroatoms. The molecule has 4 aromatic carbocycles. The summed E-state index contributed by atoms with van der Waals surface area (Å²) in [6.45, 7) is 0. The van der Waals surface area contributed by atoms with Crippen LogP contribution in [0.3, 0.4) is 0 Å². The van der Waals surface area contributed by atoms with E-state index in [9.17, 15) is 0 Å². The van der Waals surface area contributed by atoms with Gasteiger partial charge in [-0.2, -0.15) is 10.5 Å². The van der Waals surface area contributed by atoms with Gasteiger partial charge in [-0.15, -0.1) is 0 Å². The molecule has 0 N–H and O–H groups in total. The molecule has 0 unspecified atom stereocenters. The Bertz CT molecular complexity index is 1470. The Kier molecular flexibility index (Phi) is 6.39. The number of hydrogen-bond donors (Lipinski definition) is 0. The van der Waals surface area contributed by atoms with Gasteiger partial charge in [-0.1, -0.05) is 90.0 Å². The first kappa shape index (κ1) is 21.4. The van der Waals surface area contributed by atoms with Gasteiger partial charge in [0, 0.05) is 10.0 Å². The van der Waals surface area contributed by atoms with Gasteiger partial charge in [0.15, 0.2) is 0 Å². The maximum Gasteiger partial charge on any atom is 0.0992 e. The fraction of sp³-hybridized carbons (Fsp3) is 0. The number of benzene rings is 4. The highest BCUT2D eigenvalue weighted by molar-refractivity contribution is 6.32. The van der Waals surface area contributed by atoms with E-state index in [1.807, 2.05) is 42.5 Å². The Balaban J connectivity index is 1.62. The van der Waals surface area contributed by atoms with Crippen molar-refractivity contribution in [3.05, 3.63) is 116 Å². The van der Waals surface area contributed by atoms with Gasteiger partial charge in [0.25, 0.3) is 0 Å². The molecule has 0 spiro atoms. The van der Waals surface area contributed by atoms with Crippen LogP contribution in [-0.2, 0) is 0 Å². The highest BCUT2D eigenvalue weighted by atomic mass is 35.5. The molecule has 152 valence electrons. The minimum absolute atomic E-state index is 0.542. The van der Waals surface area contributed by atoms with Crippen LogP contribution < -0.4 is 0 Å². The Morgan fingerprint density at radius 3 is 1.78 bits per heavy atom. The summed E-state index contributed by atoms with van der Waals surface area (Å²) in [7, 11) is 0. The molecule has 2 nitrogen and oxygen atoms in total. The van der Waals surface area contributed by atoms with E-state index >= 15 is 0 Å². The molecule has 32 heavy (non-hydrogen) atoms. The lowest BCUT2D eigenvalue weighted by molar-refractivity contribution is 1.48. The van der Waals surface area contributed by atoms with Gasteiger partial charge >= 0.3 is 0 Å². The summed E-state index contributed by atoms with van der Waals surface area (Å²) in [5.74, 6) is 0. The number of fused-ring (bicyclic) bond motifs is 1. The van der Waals surface area contributed by atoms with E-state index in [1.165, 1.54) is 0 Å². The van der Waals surface area contributed by atoms with Crippen molar-refractivity contribution < 1.29 is 0 Å². The molecule has 0 saturated heterocycles. The van der Waals surface area contributed by atoms with Crippen molar-refractivity contribution in [3.8, 4) is 12.1 Å². The molecule has 0 aliphatic heterocycles. The summed E-state index contributed by atoms with van der Waals surface area (Å²) in [5.41, 5.74) is 4.94. The average Bonchev–Trinajstić information content (AvgIpc) is 2.82. The van der Waals surface area contributed by atoms with Crippen LogP contribution >= 0.6 is 23.2 Å². The molecule has 0 aliphatic carbocycles. The van der Waals surface area contributed by atoms with Crippen LogP contribution in [0.25, 0.3) is 35.1 Å². The van der Waals surface area contributed by atoms with Crippen molar-refractivity contribution in [2.45, 2.75) is 0 Å². The first-order chi connectivity index (χ1) is 15.6. The van der Waals surface area contributed by atoms with E-state index in [-0.39, 0.29) is 0 Å². The second-order valence-corrected chi connectivity index (χ2v) is 8.01. The summed E-state index contributed by atoms with van der Waals surface area (Å²) in [6.07, 6.45) is 7.94. The normalized spacial score (nSPS) is 11.1. The van der Waals surface area contributed by atoms with Crippen molar-refractivity contribution in [2.75, 3.05) is 0 Å². The molecule has 4 aromatic rings. The van der Waals surface area contributed by atoms with Gasteiger partial charge < -0.3 is 0 Å². The Morgan fingerprint density at radius 1 is 0.594 bits per heavy atom. The molecule has 0 bridgehead atoms. The standard InChI is InChI=1S/C28H16Cl2N2/c29-27-15-20(17-31)5-9-23(27)8-4-19-7-13-26-22(2-1-3-25(26)14-19)11-12-24-10-6-21(18-32)16-28(24)30/h1-16H. The lowest BCUT2D eigenvalue weighted by atomic mass is 10.0. The smallest absolute Gasteiger partial charge is 0.0992 e. The number of hydrogen-bond acceptors (Lipinski definition) is 2. The third kappa shape index (κ3) is 4.74.